The Bertz CT molecular complexity index is 1020. The van der Waals surface area contributed by atoms with Gasteiger partial charge in [0.25, 0.3) is 0 Å². The zero-order valence-corrected chi connectivity index (χ0v) is 19.1. The standard InChI is InChI=1S/C26H33N5O/c1-21-8-3-6-11-24(21)26(12-16-32-17-13-26)20-29-25(27-2)28-18-22-9-4-5-10-23(22)19-31-15-7-14-30-31/h3-11,14-15H,12-13,16-20H2,1-2H3,(H2,27,28,29). The van der Waals surface area contributed by atoms with E-state index in [-0.39, 0.29) is 5.41 Å². The lowest BCUT2D eigenvalue weighted by Gasteiger charge is -2.39. The molecular formula is C26H33N5O. The Morgan fingerprint density at radius 1 is 1.03 bits per heavy atom. The Morgan fingerprint density at radius 3 is 2.50 bits per heavy atom. The number of hydrogen-bond donors (Lipinski definition) is 2. The fourth-order valence-electron chi connectivity index (χ4n) is 4.58. The van der Waals surface area contributed by atoms with E-state index in [1.165, 1.54) is 22.3 Å². The molecule has 168 valence electrons. The Morgan fingerprint density at radius 2 is 1.78 bits per heavy atom. The molecule has 6 nitrogen and oxygen atoms in total. The zero-order valence-electron chi connectivity index (χ0n) is 19.1. The molecule has 2 heterocycles. The van der Waals surface area contributed by atoms with Gasteiger partial charge in [0, 0.05) is 51.2 Å². The summed E-state index contributed by atoms with van der Waals surface area (Å²) in [5, 5.41) is 11.5. The van der Waals surface area contributed by atoms with Crippen LogP contribution < -0.4 is 10.6 Å². The Kier molecular flexibility index (Phi) is 7.22. The van der Waals surface area contributed by atoms with Gasteiger partial charge in [-0.15, -0.1) is 0 Å². The lowest BCUT2D eigenvalue weighted by molar-refractivity contribution is 0.0512. The van der Waals surface area contributed by atoms with Crippen LogP contribution in [-0.2, 0) is 23.2 Å². The maximum atomic E-state index is 5.70. The summed E-state index contributed by atoms with van der Waals surface area (Å²) in [5.41, 5.74) is 5.30. The molecule has 0 radical (unpaired) electrons. The average molecular weight is 432 g/mol. The van der Waals surface area contributed by atoms with Crippen molar-refractivity contribution in [3.63, 3.8) is 0 Å². The van der Waals surface area contributed by atoms with Crippen LogP contribution in [0.1, 0.15) is 35.1 Å². The second-order valence-electron chi connectivity index (χ2n) is 8.46. The minimum absolute atomic E-state index is 0.0548. The van der Waals surface area contributed by atoms with E-state index in [0.717, 1.165) is 45.1 Å². The molecule has 0 amide bonds. The molecule has 1 aromatic heterocycles. The highest BCUT2D eigenvalue weighted by atomic mass is 16.5. The number of rotatable bonds is 7. The van der Waals surface area contributed by atoms with Crippen molar-refractivity contribution in [3.8, 4) is 0 Å². The molecule has 1 aliphatic heterocycles. The van der Waals surface area contributed by atoms with Gasteiger partial charge in [-0.3, -0.25) is 9.67 Å². The quantitative estimate of drug-likeness (QED) is 0.443. The van der Waals surface area contributed by atoms with Gasteiger partial charge in [-0.2, -0.15) is 5.10 Å². The van der Waals surface area contributed by atoms with E-state index < -0.39 is 0 Å². The van der Waals surface area contributed by atoms with Crippen LogP contribution in [0, 0.1) is 6.92 Å². The fourth-order valence-corrected chi connectivity index (χ4v) is 4.58. The van der Waals surface area contributed by atoms with Gasteiger partial charge in [-0.25, -0.2) is 0 Å². The Balaban J connectivity index is 1.42. The number of aromatic nitrogens is 2. The molecule has 4 rings (SSSR count). The third kappa shape index (κ3) is 5.19. The van der Waals surface area contributed by atoms with Crippen LogP contribution in [0.2, 0.25) is 0 Å². The molecule has 6 heteroatoms. The largest absolute Gasteiger partial charge is 0.381 e. The fraction of sp³-hybridized carbons (Fsp3) is 0.385. The number of aliphatic imine (C=N–C) groups is 1. The number of nitrogens with zero attached hydrogens (tertiary/aromatic N) is 3. The normalized spacial score (nSPS) is 16.0. The van der Waals surface area contributed by atoms with Crippen LogP contribution in [0.3, 0.4) is 0 Å². The minimum Gasteiger partial charge on any atom is -0.381 e. The first-order valence-corrected chi connectivity index (χ1v) is 11.3. The van der Waals surface area contributed by atoms with Gasteiger partial charge >= 0.3 is 0 Å². The van der Waals surface area contributed by atoms with Crippen LogP contribution in [0.4, 0.5) is 0 Å². The monoisotopic (exact) mass is 431 g/mol. The molecule has 0 unspecified atom stereocenters. The van der Waals surface area contributed by atoms with Crippen LogP contribution in [0.15, 0.2) is 72.0 Å². The van der Waals surface area contributed by atoms with E-state index in [9.17, 15) is 0 Å². The highest BCUT2D eigenvalue weighted by molar-refractivity contribution is 5.79. The molecular weight excluding hydrogens is 398 g/mol. The molecule has 1 aliphatic rings. The number of hydrogen-bond acceptors (Lipinski definition) is 3. The smallest absolute Gasteiger partial charge is 0.191 e. The maximum Gasteiger partial charge on any atom is 0.191 e. The molecule has 0 aliphatic carbocycles. The van der Waals surface area contributed by atoms with Gasteiger partial charge in [0.15, 0.2) is 5.96 Å². The summed E-state index contributed by atoms with van der Waals surface area (Å²) in [4.78, 5) is 4.49. The molecule has 2 aromatic carbocycles. The molecule has 0 saturated carbocycles. The molecule has 0 bridgehead atoms. The summed E-state index contributed by atoms with van der Waals surface area (Å²) in [6.45, 7) is 6.09. The van der Waals surface area contributed by atoms with Gasteiger partial charge < -0.3 is 15.4 Å². The SMILES string of the molecule is CN=C(NCc1ccccc1Cn1cccn1)NCC1(c2ccccc2C)CCOCC1. The molecule has 1 saturated heterocycles. The van der Waals surface area contributed by atoms with Crippen molar-refractivity contribution in [2.24, 2.45) is 4.99 Å². The van der Waals surface area contributed by atoms with Crippen molar-refractivity contribution in [2.45, 2.75) is 38.3 Å². The van der Waals surface area contributed by atoms with Gasteiger partial charge in [-0.05, 0) is 48.1 Å². The summed E-state index contributed by atoms with van der Waals surface area (Å²) >= 11 is 0. The third-order valence-corrected chi connectivity index (χ3v) is 6.44. The lowest BCUT2D eigenvalue weighted by atomic mass is 9.72. The molecule has 0 spiro atoms. The topological polar surface area (TPSA) is 63.5 Å². The van der Waals surface area contributed by atoms with E-state index in [1.807, 2.05) is 30.2 Å². The molecule has 32 heavy (non-hydrogen) atoms. The highest BCUT2D eigenvalue weighted by Gasteiger charge is 2.35. The van der Waals surface area contributed by atoms with Crippen molar-refractivity contribution in [3.05, 3.63) is 89.2 Å². The van der Waals surface area contributed by atoms with E-state index in [4.69, 9.17) is 4.74 Å². The predicted molar refractivity (Wildman–Crippen MR) is 129 cm³/mol. The zero-order chi connectivity index (χ0) is 22.2. The van der Waals surface area contributed by atoms with Crippen molar-refractivity contribution >= 4 is 5.96 Å². The average Bonchev–Trinajstić information content (AvgIpc) is 3.34. The summed E-state index contributed by atoms with van der Waals surface area (Å²) in [7, 11) is 1.83. The number of benzene rings is 2. The maximum absolute atomic E-state index is 5.70. The van der Waals surface area contributed by atoms with Gasteiger partial charge in [0.1, 0.15) is 0 Å². The summed E-state index contributed by atoms with van der Waals surface area (Å²) in [6, 6.07) is 19.1. The van der Waals surface area contributed by atoms with Crippen LogP contribution >= 0.6 is 0 Å². The van der Waals surface area contributed by atoms with Crippen molar-refractivity contribution < 1.29 is 4.74 Å². The first kappa shape index (κ1) is 22.1. The van der Waals surface area contributed by atoms with Crippen molar-refractivity contribution in [1.82, 2.24) is 20.4 Å². The Labute approximate surface area is 190 Å². The molecule has 0 atom stereocenters. The Hall–Kier alpha value is -3.12. The second kappa shape index (κ2) is 10.5. The van der Waals surface area contributed by atoms with Crippen LogP contribution in [0.25, 0.3) is 0 Å². The second-order valence-corrected chi connectivity index (χ2v) is 8.46. The molecule has 1 fully saturated rings. The summed E-state index contributed by atoms with van der Waals surface area (Å²) in [5.74, 6) is 0.818. The number of nitrogens with one attached hydrogen (secondary N) is 2. The van der Waals surface area contributed by atoms with Crippen molar-refractivity contribution in [2.75, 3.05) is 26.8 Å². The van der Waals surface area contributed by atoms with Crippen LogP contribution in [-0.4, -0.2) is 42.5 Å². The molecule has 2 N–H and O–H groups in total. The molecule has 3 aromatic rings. The summed E-state index contributed by atoms with van der Waals surface area (Å²) in [6.07, 6.45) is 5.82. The number of guanidine groups is 1. The minimum atomic E-state index is 0.0548. The highest BCUT2D eigenvalue weighted by Crippen LogP contribution is 2.36. The number of aryl methyl sites for hydroxylation is 1. The first-order valence-electron chi connectivity index (χ1n) is 11.3. The summed E-state index contributed by atoms with van der Waals surface area (Å²) < 4.78 is 7.65. The number of ether oxygens (including phenoxy) is 1. The van der Waals surface area contributed by atoms with Gasteiger partial charge in [0.05, 0.1) is 6.54 Å². The van der Waals surface area contributed by atoms with E-state index in [2.05, 4.69) is 76.2 Å². The van der Waals surface area contributed by atoms with E-state index in [0.29, 0.717) is 6.54 Å². The van der Waals surface area contributed by atoms with Gasteiger partial charge in [-0.1, -0.05) is 48.5 Å². The lowest BCUT2D eigenvalue weighted by Crippen LogP contribution is -2.48. The first-order chi connectivity index (χ1) is 15.7. The van der Waals surface area contributed by atoms with Crippen LogP contribution in [0.5, 0.6) is 0 Å². The van der Waals surface area contributed by atoms with E-state index in [1.54, 1.807) is 0 Å². The van der Waals surface area contributed by atoms with E-state index >= 15 is 0 Å². The van der Waals surface area contributed by atoms with Gasteiger partial charge in [0.2, 0.25) is 0 Å². The third-order valence-electron chi connectivity index (χ3n) is 6.44. The van der Waals surface area contributed by atoms with Crippen molar-refractivity contribution in [1.29, 1.82) is 0 Å². The predicted octanol–water partition coefficient (Wildman–Crippen LogP) is 3.65.